The summed E-state index contributed by atoms with van der Waals surface area (Å²) >= 11 is 0. The molecule has 8 heteroatoms. The highest BCUT2D eigenvalue weighted by Gasteiger charge is 2.45. The molecule has 1 unspecified atom stereocenters. The summed E-state index contributed by atoms with van der Waals surface area (Å²) in [4.78, 5) is 38.2. The van der Waals surface area contributed by atoms with E-state index in [0.717, 1.165) is 38.5 Å². The van der Waals surface area contributed by atoms with Crippen LogP contribution in [0.2, 0.25) is 0 Å². The fourth-order valence-corrected chi connectivity index (χ4v) is 6.10. The minimum absolute atomic E-state index is 0.0309. The molecule has 44 heavy (non-hydrogen) atoms. The largest absolute Gasteiger partial charge is 0.353 e. The molecule has 1 saturated heterocycles. The molecule has 1 aliphatic carbocycles. The lowest BCUT2D eigenvalue weighted by atomic mass is 9.85. The highest BCUT2D eigenvalue weighted by molar-refractivity contribution is 5.83. The van der Waals surface area contributed by atoms with E-state index in [-0.39, 0.29) is 42.8 Å². The first-order chi connectivity index (χ1) is 21.0. The van der Waals surface area contributed by atoms with Crippen molar-refractivity contribution < 1.29 is 23.9 Å². The van der Waals surface area contributed by atoms with Crippen LogP contribution < -0.4 is 16.0 Å². The molecule has 2 aliphatic rings. The molecule has 0 radical (unpaired) electrons. The zero-order valence-electron chi connectivity index (χ0n) is 28.8. The Kier molecular flexibility index (Phi) is 18.2. The van der Waals surface area contributed by atoms with Gasteiger partial charge in [-0.25, -0.2) is 0 Å². The number of rotatable bonds is 21. The van der Waals surface area contributed by atoms with E-state index in [0.29, 0.717) is 13.0 Å². The van der Waals surface area contributed by atoms with E-state index >= 15 is 0 Å². The minimum Gasteiger partial charge on any atom is -0.353 e. The molecule has 1 aliphatic heterocycles. The summed E-state index contributed by atoms with van der Waals surface area (Å²) < 4.78 is 11.6. The van der Waals surface area contributed by atoms with Crippen molar-refractivity contribution in [3.8, 4) is 0 Å². The van der Waals surface area contributed by atoms with Crippen LogP contribution in [-0.2, 0) is 23.9 Å². The monoisotopic (exact) mass is 619 g/mol. The lowest BCUT2D eigenvalue weighted by molar-refractivity contribution is -0.304. The zero-order valence-corrected chi connectivity index (χ0v) is 28.8. The summed E-state index contributed by atoms with van der Waals surface area (Å²) in [5.74, 6) is -1.07. The molecular formula is C36H65N3O5. The predicted molar refractivity (Wildman–Crippen MR) is 178 cm³/mol. The second kappa shape index (κ2) is 21.0. The number of unbranched alkanes of at least 4 members (excludes halogenated alkanes) is 11. The Hall–Kier alpha value is -1.93. The van der Waals surface area contributed by atoms with Gasteiger partial charge >= 0.3 is 0 Å². The lowest BCUT2D eigenvalue weighted by Gasteiger charge is -2.44. The Morgan fingerprint density at radius 3 is 1.84 bits per heavy atom. The molecule has 3 amide bonds. The van der Waals surface area contributed by atoms with Crippen LogP contribution in [-0.4, -0.2) is 54.8 Å². The summed E-state index contributed by atoms with van der Waals surface area (Å²) in [6, 6.07) is -0.0971. The number of ether oxygens (including phenoxy) is 2. The van der Waals surface area contributed by atoms with E-state index in [2.05, 4.69) is 35.0 Å². The number of carbonyl (C=O) groups excluding carboxylic acids is 3. The number of amides is 3. The number of hydrogen-bond donors (Lipinski definition) is 3. The second-order valence-corrected chi connectivity index (χ2v) is 14.2. The molecule has 3 N–H and O–H groups in total. The van der Waals surface area contributed by atoms with E-state index < -0.39 is 17.3 Å². The SMILES string of the molecule is CCCCCCCC/C=C\CCCCCCCC(=O)N[C@H]1CCCC[C@@H]1NC(=O)CCNC(=O)C1OC(C)(C)OCC1(C)C. The summed E-state index contributed by atoms with van der Waals surface area (Å²) in [7, 11) is 0. The Balaban J connectivity index is 1.55. The predicted octanol–water partition coefficient (Wildman–Crippen LogP) is 7.25. The summed E-state index contributed by atoms with van der Waals surface area (Å²) in [6.45, 7) is 10.4. The highest BCUT2D eigenvalue weighted by Crippen LogP contribution is 2.34. The van der Waals surface area contributed by atoms with Crippen LogP contribution in [0.4, 0.5) is 0 Å². The van der Waals surface area contributed by atoms with E-state index in [1.54, 1.807) is 13.8 Å². The molecule has 3 atom stereocenters. The maximum Gasteiger partial charge on any atom is 0.249 e. The van der Waals surface area contributed by atoms with Crippen molar-refractivity contribution in [2.45, 2.75) is 181 Å². The molecule has 1 heterocycles. The number of nitrogens with one attached hydrogen (secondary N) is 3. The summed E-state index contributed by atoms with van der Waals surface area (Å²) in [5.41, 5.74) is -0.459. The lowest BCUT2D eigenvalue weighted by Crippen LogP contribution is -2.57. The van der Waals surface area contributed by atoms with Crippen LogP contribution in [0.3, 0.4) is 0 Å². The first kappa shape index (κ1) is 38.3. The van der Waals surface area contributed by atoms with Gasteiger partial charge in [0.15, 0.2) is 5.79 Å². The standard InChI is InChI=1S/C36H65N3O5/c1-6-7-8-9-10-11-12-13-14-15-16-17-18-19-20-25-31(40)38-29-23-21-22-24-30(29)39-32(41)26-27-37-34(42)33-35(2,3)28-43-36(4,5)44-33/h13-14,29-30,33H,6-12,15-28H2,1-5H3,(H,37,42)(H,38,40)(H,39,41)/b14-13-/t29-,30-,33?/m0/s1. The van der Waals surface area contributed by atoms with Crippen LogP contribution in [0.1, 0.15) is 157 Å². The van der Waals surface area contributed by atoms with Crippen molar-refractivity contribution in [3.63, 3.8) is 0 Å². The molecule has 0 aromatic heterocycles. The van der Waals surface area contributed by atoms with Crippen LogP contribution >= 0.6 is 0 Å². The van der Waals surface area contributed by atoms with Gasteiger partial charge in [-0.15, -0.1) is 0 Å². The molecule has 1 saturated carbocycles. The van der Waals surface area contributed by atoms with Crippen molar-refractivity contribution in [3.05, 3.63) is 12.2 Å². The van der Waals surface area contributed by atoms with Gasteiger partial charge in [0, 0.05) is 36.9 Å². The molecule has 254 valence electrons. The molecule has 2 rings (SSSR count). The Morgan fingerprint density at radius 1 is 0.727 bits per heavy atom. The molecule has 0 bridgehead atoms. The number of allylic oxidation sites excluding steroid dienone is 2. The molecule has 0 aromatic rings. The van der Waals surface area contributed by atoms with Crippen molar-refractivity contribution >= 4 is 17.7 Å². The topological polar surface area (TPSA) is 106 Å². The maximum absolute atomic E-state index is 12.8. The fourth-order valence-electron chi connectivity index (χ4n) is 6.10. The maximum atomic E-state index is 12.8. The van der Waals surface area contributed by atoms with Gasteiger partial charge in [0.05, 0.1) is 6.61 Å². The van der Waals surface area contributed by atoms with Gasteiger partial charge in [-0.3, -0.25) is 14.4 Å². The van der Waals surface area contributed by atoms with Crippen molar-refractivity contribution in [1.82, 2.24) is 16.0 Å². The van der Waals surface area contributed by atoms with Crippen molar-refractivity contribution in [2.24, 2.45) is 5.41 Å². The first-order valence-electron chi connectivity index (χ1n) is 17.9. The van der Waals surface area contributed by atoms with E-state index in [4.69, 9.17) is 9.47 Å². The highest BCUT2D eigenvalue weighted by atomic mass is 16.7. The van der Waals surface area contributed by atoms with Crippen LogP contribution in [0, 0.1) is 5.41 Å². The Labute approximate surface area is 268 Å². The minimum atomic E-state index is -0.820. The molecule has 2 fully saturated rings. The van der Waals surface area contributed by atoms with Gasteiger partial charge in [-0.2, -0.15) is 0 Å². The fraction of sp³-hybridized carbons (Fsp3) is 0.861. The Morgan fingerprint density at radius 2 is 1.25 bits per heavy atom. The zero-order chi connectivity index (χ0) is 32.3. The molecule has 8 nitrogen and oxygen atoms in total. The van der Waals surface area contributed by atoms with Crippen molar-refractivity contribution in [1.29, 1.82) is 0 Å². The third kappa shape index (κ3) is 15.9. The molecular weight excluding hydrogens is 554 g/mol. The van der Waals surface area contributed by atoms with E-state index in [9.17, 15) is 14.4 Å². The summed E-state index contributed by atoms with van der Waals surface area (Å²) in [5, 5.41) is 9.18. The van der Waals surface area contributed by atoms with Crippen LogP contribution in [0.25, 0.3) is 0 Å². The average molecular weight is 620 g/mol. The van der Waals surface area contributed by atoms with Gasteiger partial charge in [-0.1, -0.05) is 97.1 Å². The quantitative estimate of drug-likeness (QED) is 0.0927. The second-order valence-electron chi connectivity index (χ2n) is 14.2. The van der Waals surface area contributed by atoms with Crippen molar-refractivity contribution in [2.75, 3.05) is 13.2 Å². The van der Waals surface area contributed by atoms with E-state index in [1.165, 1.54) is 70.6 Å². The first-order valence-corrected chi connectivity index (χ1v) is 17.9. The van der Waals surface area contributed by atoms with Crippen LogP contribution in [0.15, 0.2) is 12.2 Å². The third-order valence-electron chi connectivity index (χ3n) is 8.92. The van der Waals surface area contributed by atoms with E-state index in [1.807, 2.05) is 13.8 Å². The van der Waals surface area contributed by atoms with Gasteiger partial charge in [-0.05, 0) is 58.8 Å². The third-order valence-corrected chi connectivity index (χ3v) is 8.92. The molecule has 0 aromatic carbocycles. The van der Waals surface area contributed by atoms with Gasteiger partial charge in [0.2, 0.25) is 17.7 Å². The summed E-state index contributed by atoms with van der Waals surface area (Å²) in [6.07, 6.45) is 24.7. The number of carbonyl (C=O) groups is 3. The van der Waals surface area contributed by atoms with Gasteiger partial charge in [0.1, 0.15) is 6.10 Å². The average Bonchev–Trinajstić information content (AvgIpc) is 2.97. The Bertz CT molecular complexity index is 872. The van der Waals surface area contributed by atoms with Gasteiger partial charge < -0.3 is 25.4 Å². The number of hydrogen-bond acceptors (Lipinski definition) is 5. The normalized spacial score (nSPS) is 22.9. The molecule has 0 spiro atoms. The van der Waals surface area contributed by atoms with Gasteiger partial charge in [0.25, 0.3) is 0 Å². The smallest absolute Gasteiger partial charge is 0.249 e. The van der Waals surface area contributed by atoms with Crippen LogP contribution in [0.5, 0.6) is 0 Å².